The number of nitrogens with two attached hydrogens (primary N) is 1. The third-order valence-electron chi connectivity index (χ3n) is 3.17. The maximum atomic E-state index is 5.79. The Morgan fingerprint density at radius 1 is 0.950 bits per heavy atom. The lowest BCUT2D eigenvalue weighted by molar-refractivity contribution is 0.303. The molecule has 0 bridgehead atoms. The molecule has 0 fully saturated rings. The highest BCUT2D eigenvalue weighted by Gasteiger charge is 2.01. The van der Waals surface area contributed by atoms with Crippen molar-refractivity contribution in [3.8, 4) is 11.5 Å². The van der Waals surface area contributed by atoms with Gasteiger partial charge in [0.15, 0.2) is 0 Å². The van der Waals surface area contributed by atoms with Crippen LogP contribution in [0.4, 0.5) is 0 Å². The van der Waals surface area contributed by atoms with Crippen LogP contribution < -0.4 is 15.2 Å². The standard InChI is InChI=1S/C17H21NO2/c1-3-19-16-6-8-17(9-7-16)20-12-15-5-4-14(11-18)10-13(15)2/h4-10H,3,11-12,18H2,1-2H3. The summed E-state index contributed by atoms with van der Waals surface area (Å²) in [5.41, 5.74) is 9.16. The fourth-order valence-corrected chi connectivity index (χ4v) is 2.01. The molecule has 0 saturated carbocycles. The van der Waals surface area contributed by atoms with Gasteiger partial charge in [-0.05, 0) is 54.8 Å². The topological polar surface area (TPSA) is 44.5 Å². The molecule has 0 unspecified atom stereocenters. The Labute approximate surface area is 120 Å². The molecule has 2 N–H and O–H groups in total. The van der Waals surface area contributed by atoms with Crippen molar-refractivity contribution in [1.82, 2.24) is 0 Å². The summed E-state index contributed by atoms with van der Waals surface area (Å²) in [5.74, 6) is 1.71. The number of benzene rings is 2. The van der Waals surface area contributed by atoms with Gasteiger partial charge in [0.25, 0.3) is 0 Å². The second kappa shape index (κ2) is 6.96. The first-order valence-corrected chi connectivity index (χ1v) is 6.87. The highest BCUT2D eigenvalue weighted by Crippen LogP contribution is 2.19. The van der Waals surface area contributed by atoms with Crippen molar-refractivity contribution < 1.29 is 9.47 Å². The monoisotopic (exact) mass is 271 g/mol. The average molecular weight is 271 g/mol. The van der Waals surface area contributed by atoms with Crippen molar-refractivity contribution in [3.63, 3.8) is 0 Å². The van der Waals surface area contributed by atoms with Gasteiger partial charge in [-0.1, -0.05) is 18.2 Å². The van der Waals surface area contributed by atoms with Crippen LogP contribution >= 0.6 is 0 Å². The van der Waals surface area contributed by atoms with Gasteiger partial charge >= 0.3 is 0 Å². The molecule has 0 atom stereocenters. The smallest absolute Gasteiger partial charge is 0.120 e. The number of ether oxygens (including phenoxy) is 2. The van der Waals surface area contributed by atoms with E-state index in [1.54, 1.807) is 0 Å². The molecule has 0 aromatic heterocycles. The van der Waals surface area contributed by atoms with Crippen LogP contribution in [0.2, 0.25) is 0 Å². The number of hydrogen-bond donors (Lipinski definition) is 1. The van der Waals surface area contributed by atoms with Gasteiger partial charge in [-0.15, -0.1) is 0 Å². The molecular formula is C17H21NO2. The number of aryl methyl sites for hydroxylation is 1. The van der Waals surface area contributed by atoms with E-state index in [9.17, 15) is 0 Å². The Bertz CT molecular complexity index is 549. The van der Waals surface area contributed by atoms with Crippen LogP contribution in [0.3, 0.4) is 0 Å². The minimum absolute atomic E-state index is 0.560. The van der Waals surface area contributed by atoms with Crippen molar-refractivity contribution >= 4 is 0 Å². The van der Waals surface area contributed by atoms with Gasteiger partial charge in [0.1, 0.15) is 18.1 Å². The van der Waals surface area contributed by atoms with E-state index in [1.807, 2.05) is 37.3 Å². The van der Waals surface area contributed by atoms with E-state index in [0.29, 0.717) is 19.8 Å². The molecule has 20 heavy (non-hydrogen) atoms. The van der Waals surface area contributed by atoms with E-state index in [0.717, 1.165) is 17.1 Å². The van der Waals surface area contributed by atoms with Crippen LogP contribution in [-0.2, 0) is 13.2 Å². The molecule has 0 spiro atoms. The van der Waals surface area contributed by atoms with Crippen molar-refractivity contribution in [2.45, 2.75) is 27.0 Å². The Balaban J connectivity index is 1.97. The van der Waals surface area contributed by atoms with Gasteiger partial charge in [-0.25, -0.2) is 0 Å². The first kappa shape index (κ1) is 14.4. The summed E-state index contributed by atoms with van der Waals surface area (Å²) in [6.07, 6.45) is 0. The summed E-state index contributed by atoms with van der Waals surface area (Å²) < 4.78 is 11.2. The minimum atomic E-state index is 0.560. The third-order valence-corrected chi connectivity index (χ3v) is 3.17. The molecule has 0 heterocycles. The molecule has 0 saturated heterocycles. The van der Waals surface area contributed by atoms with Gasteiger partial charge < -0.3 is 15.2 Å². The van der Waals surface area contributed by atoms with Crippen LogP contribution in [0.25, 0.3) is 0 Å². The van der Waals surface area contributed by atoms with Crippen molar-refractivity contribution in [2.75, 3.05) is 6.61 Å². The van der Waals surface area contributed by atoms with Crippen LogP contribution in [0.15, 0.2) is 42.5 Å². The first-order valence-electron chi connectivity index (χ1n) is 6.87. The van der Waals surface area contributed by atoms with E-state index < -0.39 is 0 Å². The third kappa shape index (κ3) is 3.75. The molecule has 2 rings (SSSR count). The Morgan fingerprint density at radius 3 is 2.15 bits per heavy atom. The summed E-state index contributed by atoms with van der Waals surface area (Å²) in [6.45, 7) is 5.85. The fraction of sp³-hybridized carbons (Fsp3) is 0.294. The molecule has 3 heteroatoms. The number of hydrogen-bond acceptors (Lipinski definition) is 3. The maximum absolute atomic E-state index is 5.79. The van der Waals surface area contributed by atoms with Gasteiger partial charge in [-0.3, -0.25) is 0 Å². The number of rotatable bonds is 6. The van der Waals surface area contributed by atoms with E-state index in [2.05, 4.69) is 19.1 Å². The summed E-state index contributed by atoms with van der Waals surface area (Å²) in [5, 5.41) is 0. The SMILES string of the molecule is CCOc1ccc(OCc2ccc(CN)cc2C)cc1. The molecule has 3 nitrogen and oxygen atoms in total. The summed E-state index contributed by atoms with van der Waals surface area (Å²) >= 11 is 0. The van der Waals surface area contributed by atoms with Crippen LogP contribution in [0, 0.1) is 6.92 Å². The second-order valence-corrected chi connectivity index (χ2v) is 4.66. The molecule has 2 aromatic rings. The van der Waals surface area contributed by atoms with Crippen LogP contribution in [0.5, 0.6) is 11.5 Å². The molecule has 2 aromatic carbocycles. The zero-order chi connectivity index (χ0) is 14.4. The van der Waals surface area contributed by atoms with Gasteiger partial charge in [0.05, 0.1) is 6.61 Å². The molecule has 106 valence electrons. The molecule has 0 amide bonds. The molecular weight excluding hydrogens is 250 g/mol. The van der Waals surface area contributed by atoms with Gasteiger partial charge in [0, 0.05) is 6.54 Å². The fourth-order valence-electron chi connectivity index (χ4n) is 2.01. The zero-order valence-electron chi connectivity index (χ0n) is 12.1. The maximum Gasteiger partial charge on any atom is 0.120 e. The largest absolute Gasteiger partial charge is 0.494 e. The lowest BCUT2D eigenvalue weighted by Gasteiger charge is -2.10. The van der Waals surface area contributed by atoms with E-state index in [4.69, 9.17) is 15.2 Å². The Kier molecular flexibility index (Phi) is 5.02. The summed E-state index contributed by atoms with van der Waals surface area (Å²) in [4.78, 5) is 0. The quantitative estimate of drug-likeness (QED) is 0.875. The Morgan fingerprint density at radius 2 is 1.60 bits per heavy atom. The first-order chi connectivity index (χ1) is 9.72. The molecule has 0 aliphatic rings. The highest BCUT2D eigenvalue weighted by atomic mass is 16.5. The van der Waals surface area contributed by atoms with E-state index in [1.165, 1.54) is 11.1 Å². The molecule has 0 aliphatic carbocycles. The predicted octanol–water partition coefficient (Wildman–Crippen LogP) is 3.43. The lowest BCUT2D eigenvalue weighted by Crippen LogP contribution is -2.01. The molecule has 0 aliphatic heterocycles. The van der Waals surface area contributed by atoms with E-state index in [-0.39, 0.29) is 0 Å². The van der Waals surface area contributed by atoms with Gasteiger partial charge in [0.2, 0.25) is 0 Å². The van der Waals surface area contributed by atoms with Crippen molar-refractivity contribution in [3.05, 3.63) is 59.2 Å². The van der Waals surface area contributed by atoms with E-state index >= 15 is 0 Å². The van der Waals surface area contributed by atoms with Crippen molar-refractivity contribution in [1.29, 1.82) is 0 Å². The lowest BCUT2D eigenvalue weighted by atomic mass is 10.1. The molecule has 0 radical (unpaired) electrons. The predicted molar refractivity (Wildman–Crippen MR) is 81.0 cm³/mol. The summed E-state index contributed by atoms with van der Waals surface area (Å²) in [7, 11) is 0. The average Bonchev–Trinajstić information content (AvgIpc) is 2.48. The minimum Gasteiger partial charge on any atom is -0.494 e. The van der Waals surface area contributed by atoms with Crippen LogP contribution in [0.1, 0.15) is 23.6 Å². The summed E-state index contributed by atoms with van der Waals surface area (Å²) in [6, 6.07) is 13.9. The normalized spacial score (nSPS) is 10.3. The van der Waals surface area contributed by atoms with Crippen LogP contribution in [-0.4, -0.2) is 6.61 Å². The van der Waals surface area contributed by atoms with Gasteiger partial charge in [-0.2, -0.15) is 0 Å². The Hall–Kier alpha value is -2.00. The van der Waals surface area contributed by atoms with Crippen molar-refractivity contribution in [2.24, 2.45) is 5.73 Å². The highest BCUT2D eigenvalue weighted by molar-refractivity contribution is 5.33. The second-order valence-electron chi connectivity index (χ2n) is 4.66. The zero-order valence-corrected chi connectivity index (χ0v) is 12.1.